The van der Waals surface area contributed by atoms with Crippen LogP contribution in [0.5, 0.6) is 0 Å². The Morgan fingerprint density at radius 2 is 0.961 bits per heavy atom. The van der Waals surface area contributed by atoms with Crippen molar-refractivity contribution >= 4 is 65.7 Å². The zero-order chi connectivity index (χ0) is 33.5. The summed E-state index contributed by atoms with van der Waals surface area (Å²) >= 11 is 0. The molecular weight excluding hydrogens is 629 g/mol. The van der Waals surface area contributed by atoms with Gasteiger partial charge in [0.15, 0.2) is 17.5 Å². The highest BCUT2D eigenvalue weighted by Gasteiger charge is 2.22. The summed E-state index contributed by atoms with van der Waals surface area (Å²) in [6, 6.07) is 53.8. The number of benzene rings is 7. The van der Waals surface area contributed by atoms with Gasteiger partial charge in [0.2, 0.25) is 0 Å². The summed E-state index contributed by atoms with van der Waals surface area (Å²) in [4.78, 5) is 14.9. The first-order valence-corrected chi connectivity index (χ1v) is 16.9. The molecule has 0 saturated heterocycles. The molecule has 7 aromatic carbocycles. The van der Waals surface area contributed by atoms with E-state index in [1.54, 1.807) is 0 Å². The smallest absolute Gasteiger partial charge is 0.164 e. The third-order valence-electron chi connectivity index (χ3n) is 9.84. The second-order valence-electron chi connectivity index (χ2n) is 12.8. The van der Waals surface area contributed by atoms with Crippen LogP contribution in [-0.4, -0.2) is 19.5 Å². The van der Waals surface area contributed by atoms with Crippen LogP contribution in [0.25, 0.3) is 106 Å². The quantitative estimate of drug-likeness (QED) is 0.189. The van der Waals surface area contributed by atoms with Crippen molar-refractivity contribution in [1.29, 1.82) is 0 Å². The number of fused-ring (bicyclic) bond motifs is 11. The Morgan fingerprint density at radius 1 is 0.373 bits per heavy atom. The first-order valence-electron chi connectivity index (χ1n) is 16.9. The zero-order valence-electron chi connectivity index (χ0n) is 27.1. The average Bonchev–Trinajstić information content (AvgIpc) is 3.88. The molecule has 4 aromatic heterocycles. The van der Waals surface area contributed by atoms with Gasteiger partial charge in [0.05, 0.1) is 21.8 Å². The summed E-state index contributed by atoms with van der Waals surface area (Å²) in [5.74, 6) is 1.88. The molecule has 238 valence electrons. The van der Waals surface area contributed by atoms with E-state index >= 15 is 0 Å². The van der Waals surface area contributed by atoms with Crippen molar-refractivity contribution in [3.63, 3.8) is 0 Å². The Bertz CT molecular complexity index is 3080. The highest BCUT2D eigenvalue weighted by molar-refractivity contribution is 6.28. The van der Waals surface area contributed by atoms with Crippen molar-refractivity contribution in [2.75, 3.05) is 0 Å². The van der Waals surface area contributed by atoms with Crippen molar-refractivity contribution in [1.82, 2.24) is 19.5 Å². The highest BCUT2D eigenvalue weighted by Crippen LogP contribution is 2.44. The number of aromatic nitrogens is 4. The van der Waals surface area contributed by atoms with Gasteiger partial charge in [0.1, 0.15) is 22.3 Å². The fourth-order valence-electron chi connectivity index (χ4n) is 7.55. The van der Waals surface area contributed by atoms with Crippen molar-refractivity contribution in [2.45, 2.75) is 0 Å². The van der Waals surface area contributed by atoms with Crippen molar-refractivity contribution < 1.29 is 8.83 Å². The van der Waals surface area contributed by atoms with Crippen LogP contribution in [0.15, 0.2) is 167 Å². The van der Waals surface area contributed by atoms with Gasteiger partial charge in [-0.2, -0.15) is 0 Å². The second-order valence-corrected chi connectivity index (χ2v) is 12.8. The number of hydrogen-bond acceptors (Lipinski definition) is 5. The minimum absolute atomic E-state index is 0.612. The van der Waals surface area contributed by atoms with Gasteiger partial charge < -0.3 is 13.4 Å². The molecule has 0 aliphatic carbocycles. The van der Waals surface area contributed by atoms with Crippen LogP contribution in [-0.2, 0) is 0 Å². The summed E-state index contributed by atoms with van der Waals surface area (Å²) in [7, 11) is 0. The lowest BCUT2D eigenvalue weighted by molar-refractivity contribution is 0.664. The monoisotopic (exact) mass is 654 g/mol. The van der Waals surface area contributed by atoms with Crippen LogP contribution in [0.4, 0.5) is 0 Å². The van der Waals surface area contributed by atoms with E-state index in [2.05, 4.69) is 83.4 Å². The lowest BCUT2D eigenvalue weighted by Crippen LogP contribution is -2.01. The van der Waals surface area contributed by atoms with E-state index in [0.29, 0.717) is 17.5 Å². The topological polar surface area (TPSA) is 69.9 Å². The Kier molecular flexibility index (Phi) is 5.86. The Balaban J connectivity index is 1.14. The lowest BCUT2D eigenvalue weighted by atomic mass is 10.1. The minimum atomic E-state index is 0.612. The van der Waals surface area contributed by atoms with Crippen molar-refractivity contribution in [3.8, 4) is 39.9 Å². The van der Waals surface area contributed by atoms with E-state index in [1.165, 1.54) is 0 Å². The normalized spacial score (nSPS) is 11.9. The molecule has 0 radical (unpaired) electrons. The summed E-state index contributed by atoms with van der Waals surface area (Å²) in [6.45, 7) is 0. The first-order chi connectivity index (χ1) is 25.3. The lowest BCUT2D eigenvalue weighted by Gasteiger charge is -2.11. The molecule has 11 rings (SSSR count). The molecule has 0 aliphatic heterocycles. The molecule has 0 N–H and O–H groups in total. The number of nitrogens with zero attached hydrogens (tertiary/aromatic N) is 4. The number of para-hydroxylation sites is 2. The van der Waals surface area contributed by atoms with Crippen LogP contribution in [0, 0.1) is 0 Å². The van der Waals surface area contributed by atoms with Crippen LogP contribution in [0.3, 0.4) is 0 Å². The van der Waals surface area contributed by atoms with Crippen LogP contribution < -0.4 is 0 Å². The molecule has 11 aromatic rings. The van der Waals surface area contributed by atoms with E-state index in [1.807, 2.05) is 78.9 Å². The summed E-state index contributed by atoms with van der Waals surface area (Å²) < 4.78 is 15.4. The third kappa shape index (κ3) is 4.20. The largest absolute Gasteiger partial charge is 0.456 e. The molecule has 0 spiro atoms. The minimum Gasteiger partial charge on any atom is -0.456 e. The van der Waals surface area contributed by atoms with E-state index in [0.717, 1.165) is 88.1 Å². The molecule has 0 saturated carbocycles. The molecule has 0 unspecified atom stereocenters. The molecular formula is C45H26N4O2. The predicted octanol–water partition coefficient (Wildman–Crippen LogP) is 11.8. The summed E-state index contributed by atoms with van der Waals surface area (Å²) in [5.41, 5.74) is 9.30. The first kappa shape index (κ1) is 27.9. The molecule has 4 heterocycles. The SMILES string of the molecule is c1ccc(-c2nc(-c3ccccc3)nc(-c3cccc(-n4c5ccccc5c5c6oc7c(ccc8oc9ccccc9c87)c6ccc54)c3)n2)cc1. The van der Waals surface area contributed by atoms with Crippen LogP contribution in [0.1, 0.15) is 0 Å². The molecule has 6 heteroatoms. The summed E-state index contributed by atoms with van der Waals surface area (Å²) in [5, 5.41) is 6.40. The van der Waals surface area contributed by atoms with Crippen molar-refractivity contribution in [2.24, 2.45) is 0 Å². The maximum Gasteiger partial charge on any atom is 0.164 e. The Hall–Kier alpha value is -7.05. The molecule has 0 bridgehead atoms. The molecule has 0 amide bonds. The Labute approximate surface area is 290 Å². The number of rotatable bonds is 4. The van der Waals surface area contributed by atoms with E-state index in [-0.39, 0.29) is 0 Å². The third-order valence-corrected chi connectivity index (χ3v) is 9.84. The molecule has 0 fully saturated rings. The van der Waals surface area contributed by atoms with E-state index in [4.69, 9.17) is 23.8 Å². The standard InChI is InChI=1S/C45H26N4O2/c1-3-12-27(13-4-1)43-46-44(28-14-5-2-6-15-28)48-45(47-43)29-16-11-17-30(26-29)49-35-20-9-7-18-33(35)39-36(49)24-22-31-32-23-25-38-40(42(32)51-41(31)39)34-19-8-10-21-37(34)50-38/h1-26H. The van der Waals surface area contributed by atoms with Crippen molar-refractivity contribution in [3.05, 3.63) is 158 Å². The fourth-order valence-corrected chi connectivity index (χ4v) is 7.55. The zero-order valence-corrected chi connectivity index (χ0v) is 27.1. The molecule has 6 nitrogen and oxygen atoms in total. The van der Waals surface area contributed by atoms with E-state index < -0.39 is 0 Å². The predicted molar refractivity (Wildman–Crippen MR) is 205 cm³/mol. The van der Waals surface area contributed by atoms with Gasteiger partial charge >= 0.3 is 0 Å². The van der Waals surface area contributed by atoms with Crippen LogP contribution >= 0.6 is 0 Å². The average molecular weight is 655 g/mol. The second kappa shape index (κ2) is 10.7. The van der Waals surface area contributed by atoms with Gasteiger partial charge in [0, 0.05) is 43.9 Å². The molecule has 51 heavy (non-hydrogen) atoms. The van der Waals surface area contributed by atoms with Gasteiger partial charge in [-0.15, -0.1) is 0 Å². The maximum absolute atomic E-state index is 6.91. The summed E-state index contributed by atoms with van der Waals surface area (Å²) in [6.07, 6.45) is 0. The number of furan rings is 2. The van der Waals surface area contributed by atoms with Gasteiger partial charge in [-0.25, -0.2) is 15.0 Å². The van der Waals surface area contributed by atoms with Gasteiger partial charge in [-0.3, -0.25) is 0 Å². The van der Waals surface area contributed by atoms with Gasteiger partial charge in [0.25, 0.3) is 0 Å². The Morgan fingerprint density at radius 3 is 1.71 bits per heavy atom. The van der Waals surface area contributed by atoms with Crippen LogP contribution in [0.2, 0.25) is 0 Å². The van der Waals surface area contributed by atoms with E-state index in [9.17, 15) is 0 Å². The molecule has 0 aliphatic rings. The maximum atomic E-state index is 6.91. The van der Waals surface area contributed by atoms with Gasteiger partial charge in [-0.05, 0) is 48.5 Å². The molecule has 0 atom stereocenters. The number of hydrogen-bond donors (Lipinski definition) is 0. The highest BCUT2D eigenvalue weighted by atomic mass is 16.3. The fraction of sp³-hybridized carbons (Fsp3) is 0. The van der Waals surface area contributed by atoms with Gasteiger partial charge in [-0.1, -0.05) is 109 Å².